The van der Waals surface area contributed by atoms with Crippen LogP contribution in [0.5, 0.6) is 11.5 Å². The van der Waals surface area contributed by atoms with Crippen molar-refractivity contribution in [1.82, 2.24) is 0 Å². The van der Waals surface area contributed by atoms with Gasteiger partial charge in [0.1, 0.15) is 0 Å². The van der Waals surface area contributed by atoms with Gasteiger partial charge in [-0.05, 0) is 6.92 Å². The molecule has 0 fully saturated rings. The predicted octanol–water partition coefficient (Wildman–Crippen LogP) is 3.89. The molecule has 0 saturated heterocycles. The second-order valence-electron chi connectivity index (χ2n) is 3.48. The van der Waals surface area contributed by atoms with E-state index in [-0.39, 0.29) is 32.7 Å². The third-order valence-electron chi connectivity index (χ3n) is 1.90. The number of hydrogen-bond acceptors (Lipinski definition) is 2. The molecule has 0 bridgehead atoms. The summed E-state index contributed by atoms with van der Waals surface area (Å²) < 4.78 is 10.1. The van der Waals surface area contributed by atoms with Crippen molar-refractivity contribution in [3.63, 3.8) is 0 Å². The Morgan fingerprint density at radius 3 is 1.68 bits per heavy atom. The number of methoxy groups -OCH3 is 1. The normalized spacial score (nSPS) is 8.32. The minimum Gasteiger partial charge on any atom is -0.522 e. The summed E-state index contributed by atoms with van der Waals surface area (Å²) in [6, 6.07) is 20.4. The van der Waals surface area contributed by atoms with E-state index in [0.717, 1.165) is 11.5 Å². The molecule has 0 aromatic heterocycles. The van der Waals surface area contributed by atoms with Crippen LogP contribution in [0.15, 0.2) is 60.9 Å². The van der Waals surface area contributed by atoms with E-state index >= 15 is 0 Å². The number of benzene rings is 2. The predicted molar refractivity (Wildman–Crippen MR) is 72.6 cm³/mol. The van der Waals surface area contributed by atoms with Crippen LogP contribution >= 0.6 is 0 Å². The zero-order valence-corrected chi connectivity index (χ0v) is 14.1. The Kier molecular flexibility index (Phi) is 10.1. The van der Waals surface area contributed by atoms with E-state index in [9.17, 15) is 0 Å². The van der Waals surface area contributed by atoms with Gasteiger partial charge in [0.15, 0.2) is 0 Å². The largest absolute Gasteiger partial charge is 0.522 e. The molecule has 2 aromatic rings. The summed E-state index contributed by atoms with van der Waals surface area (Å²) in [6.07, 6.45) is 0. The van der Waals surface area contributed by atoms with E-state index < -0.39 is 0 Å². The van der Waals surface area contributed by atoms with Crippen molar-refractivity contribution in [1.29, 1.82) is 0 Å². The van der Waals surface area contributed by atoms with Crippen LogP contribution in [0.2, 0.25) is 0 Å². The van der Waals surface area contributed by atoms with Crippen LogP contribution in [0.25, 0.3) is 0 Å². The fourth-order valence-electron chi connectivity index (χ4n) is 1.15. The van der Waals surface area contributed by atoms with Crippen LogP contribution in [-0.4, -0.2) is 7.11 Å². The van der Waals surface area contributed by atoms with Crippen LogP contribution < -0.4 is 9.47 Å². The van der Waals surface area contributed by atoms with Gasteiger partial charge in [-0.15, -0.1) is 24.3 Å². The number of allylic oxidation sites excluding steroid dienone is 1. The Balaban J connectivity index is 0.000000331. The molecule has 2 aromatic carbocycles. The topological polar surface area (TPSA) is 18.5 Å². The average molecular weight is 329 g/mol. The number of ether oxygens (including phenoxy) is 2. The van der Waals surface area contributed by atoms with Gasteiger partial charge in [-0.1, -0.05) is 6.58 Å². The second kappa shape index (κ2) is 10.8. The molecule has 0 amide bonds. The molecule has 3 heteroatoms. The van der Waals surface area contributed by atoms with Crippen molar-refractivity contribution in [3.05, 3.63) is 73.0 Å². The maximum atomic E-state index is 5.20. The molecule has 0 N–H and O–H groups in total. The molecule has 2 rings (SSSR count). The molecule has 0 atom stereocenters. The van der Waals surface area contributed by atoms with Crippen molar-refractivity contribution >= 4 is 0 Å². The van der Waals surface area contributed by atoms with Crippen molar-refractivity contribution in [2.45, 2.75) is 6.92 Å². The van der Waals surface area contributed by atoms with E-state index in [4.69, 9.17) is 9.47 Å². The smallest absolute Gasteiger partial charge is 0.0906 e. The van der Waals surface area contributed by atoms with E-state index in [1.807, 2.05) is 43.3 Å². The Hall–Kier alpha value is -1.12. The molecule has 2 nitrogen and oxygen atoms in total. The van der Waals surface area contributed by atoms with Crippen LogP contribution in [-0.2, 0) is 32.7 Å². The SMILES string of the molecule is C=C(C)Oc1cc[c-]cc1.COc1cc[c-]cc1.[Y]. The first kappa shape index (κ1) is 17.9. The summed E-state index contributed by atoms with van der Waals surface area (Å²) in [4.78, 5) is 0. The molecule has 97 valence electrons. The second-order valence-corrected chi connectivity index (χ2v) is 3.48. The minimum absolute atomic E-state index is 0. The van der Waals surface area contributed by atoms with Crippen molar-refractivity contribution in [2.75, 3.05) is 7.11 Å². The third-order valence-corrected chi connectivity index (χ3v) is 1.90. The molecule has 0 aliphatic heterocycles. The van der Waals surface area contributed by atoms with Gasteiger partial charge in [-0.3, -0.25) is 0 Å². The summed E-state index contributed by atoms with van der Waals surface area (Å²) in [6.45, 7) is 5.43. The number of rotatable bonds is 3. The molecule has 1 radical (unpaired) electrons. The first-order valence-corrected chi connectivity index (χ1v) is 5.52. The molecule has 19 heavy (non-hydrogen) atoms. The van der Waals surface area contributed by atoms with Gasteiger partial charge in [0.05, 0.1) is 12.9 Å². The Morgan fingerprint density at radius 2 is 1.37 bits per heavy atom. The summed E-state index contributed by atoms with van der Waals surface area (Å²) in [5.74, 6) is 2.39. The molecule has 0 heterocycles. The summed E-state index contributed by atoms with van der Waals surface area (Å²) in [5, 5.41) is 0. The van der Waals surface area contributed by atoms with Crippen LogP contribution in [0, 0.1) is 12.1 Å². The first-order valence-electron chi connectivity index (χ1n) is 5.52. The quantitative estimate of drug-likeness (QED) is 0.628. The standard InChI is InChI=1S/C9H9O.C7H7O.Y/c1-8(2)10-9-6-4-3-5-7-9;1-8-7-5-3-2-4-6-7;/h4-7H,1H2,2H3;3-6H,1H3;/q2*-1;. The van der Waals surface area contributed by atoms with Crippen LogP contribution in [0.3, 0.4) is 0 Å². The zero-order chi connectivity index (χ0) is 13.2. The van der Waals surface area contributed by atoms with E-state index in [1.165, 1.54) is 0 Å². The van der Waals surface area contributed by atoms with Crippen molar-refractivity contribution < 1.29 is 42.2 Å². The minimum atomic E-state index is 0. The molecule has 0 aliphatic rings. The fraction of sp³-hybridized carbons (Fsp3) is 0.125. The molecule has 0 unspecified atom stereocenters. The van der Waals surface area contributed by atoms with Gasteiger partial charge in [0.2, 0.25) is 0 Å². The molecule has 0 saturated carbocycles. The van der Waals surface area contributed by atoms with Crippen LogP contribution in [0.4, 0.5) is 0 Å². The van der Waals surface area contributed by atoms with Gasteiger partial charge < -0.3 is 9.47 Å². The van der Waals surface area contributed by atoms with E-state index in [1.54, 1.807) is 19.2 Å². The van der Waals surface area contributed by atoms with Gasteiger partial charge in [-0.2, -0.15) is 36.4 Å². The molecule has 0 spiro atoms. The van der Waals surface area contributed by atoms with Gasteiger partial charge >= 0.3 is 0 Å². The molecular weight excluding hydrogens is 313 g/mol. The van der Waals surface area contributed by atoms with Gasteiger partial charge in [-0.25, -0.2) is 0 Å². The summed E-state index contributed by atoms with van der Waals surface area (Å²) in [7, 11) is 1.65. The van der Waals surface area contributed by atoms with Crippen molar-refractivity contribution in [2.24, 2.45) is 0 Å². The Bertz CT molecular complexity index is 455. The summed E-state index contributed by atoms with van der Waals surface area (Å²) in [5.41, 5.74) is 0. The number of hydrogen-bond donors (Lipinski definition) is 0. The third kappa shape index (κ3) is 8.58. The maximum absolute atomic E-state index is 5.20. The zero-order valence-electron chi connectivity index (χ0n) is 11.2. The maximum Gasteiger partial charge on any atom is 0.0906 e. The Morgan fingerprint density at radius 1 is 0.947 bits per heavy atom. The first-order chi connectivity index (χ1) is 8.72. The van der Waals surface area contributed by atoms with Gasteiger partial charge in [0.25, 0.3) is 0 Å². The fourth-order valence-corrected chi connectivity index (χ4v) is 1.15. The molecular formula is C16H16O2Y-2. The molecule has 0 aliphatic carbocycles. The van der Waals surface area contributed by atoms with Gasteiger partial charge in [0, 0.05) is 44.2 Å². The average Bonchev–Trinajstić information content (AvgIpc) is 2.41. The van der Waals surface area contributed by atoms with Crippen LogP contribution in [0.1, 0.15) is 6.92 Å². The van der Waals surface area contributed by atoms with Crippen molar-refractivity contribution in [3.8, 4) is 11.5 Å². The monoisotopic (exact) mass is 329 g/mol. The van der Waals surface area contributed by atoms with E-state index in [2.05, 4.69) is 18.7 Å². The Labute approximate surface area is 140 Å². The summed E-state index contributed by atoms with van der Waals surface area (Å²) >= 11 is 0. The van der Waals surface area contributed by atoms with E-state index in [0.29, 0.717) is 5.76 Å².